The lowest BCUT2D eigenvalue weighted by Gasteiger charge is -2.08. The molecule has 4 rings (SSSR count). The van der Waals surface area contributed by atoms with Gasteiger partial charge in [-0.2, -0.15) is 0 Å². The van der Waals surface area contributed by atoms with E-state index in [2.05, 4.69) is 66.3 Å². The van der Waals surface area contributed by atoms with Gasteiger partial charge in [0.2, 0.25) is 0 Å². The zero-order valence-electron chi connectivity index (χ0n) is 14.0. The summed E-state index contributed by atoms with van der Waals surface area (Å²) in [5, 5.41) is 3.44. The van der Waals surface area contributed by atoms with E-state index in [0.717, 1.165) is 5.02 Å². The molecule has 0 spiro atoms. The van der Waals surface area contributed by atoms with Crippen LogP contribution in [-0.4, -0.2) is 14.2 Å². The lowest BCUT2D eigenvalue weighted by Crippen LogP contribution is -1.83. The van der Waals surface area contributed by atoms with Gasteiger partial charge in [-0.3, -0.25) is 0 Å². The Morgan fingerprint density at radius 2 is 1.54 bits per heavy atom. The van der Waals surface area contributed by atoms with Crippen molar-refractivity contribution >= 4 is 43.1 Å². The molecule has 3 heteroatoms. The zero-order chi connectivity index (χ0) is 17.1. The Morgan fingerprint density at radius 3 is 2.33 bits per heavy atom. The van der Waals surface area contributed by atoms with E-state index >= 15 is 0 Å². The van der Waals surface area contributed by atoms with Gasteiger partial charge >= 0.3 is 0 Å². The summed E-state index contributed by atoms with van der Waals surface area (Å²) >= 11 is 8.05. The highest BCUT2D eigenvalue weighted by atomic mass is 35.5. The van der Waals surface area contributed by atoms with E-state index in [-0.39, 0.29) is 0 Å². The van der Waals surface area contributed by atoms with Crippen molar-refractivity contribution in [2.24, 2.45) is 0 Å². The first kappa shape index (κ1) is 17.0. The van der Waals surface area contributed by atoms with Gasteiger partial charge in [0, 0.05) is 39.4 Å². The summed E-state index contributed by atoms with van der Waals surface area (Å²) in [5.41, 5.74) is 3.75. The van der Waals surface area contributed by atoms with Crippen LogP contribution in [0.4, 0.5) is 0 Å². The molecule has 1 nitrogen and oxygen atoms in total. The lowest BCUT2D eigenvalue weighted by molar-refractivity contribution is 0.277. The molecule has 4 aromatic rings. The third-order valence-corrected chi connectivity index (χ3v) is 5.35. The second kappa shape index (κ2) is 7.35. The fourth-order valence-corrected chi connectivity index (χ4v) is 4.25. The van der Waals surface area contributed by atoms with Crippen LogP contribution in [0.1, 0.15) is 5.56 Å². The van der Waals surface area contributed by atoms with Crippen LogP contribution >= 0.6 is 22.9 Å². The molecule has 0 aliphatic heterocycles. The molecule has 0 aliphatic carbocycles. The molecule has 0 amide bonds. The molecule has 122 valence electrons. The van der Waals surface area contributed by atoms with E-state index in [4.69, 9.17) is 11.6 Å². The quantitative estimate of drug-likeness (QED) is 0.359. The van der Waals surface area contributed by atoms with E-state index in [0.29, 0.717) is 0 Å². The Morgan fingerprint density at radius 1 is 0.833 bits per heavy atom. The van der Waals surface area contributed by atoms with Crippen molar-refractivity contribution in [2.45, 2.75) is 6.92 Å². The predicted molar refractivity (Wildman–Crippen MR) is 107 cm³/mol. The molecule has 1 aromatic heterocycles. The summed E-state index contributed by atoms with van der Waals surface area (Å²) in [6.45, 7) is 2.14. The van der Waals surface area contributed by atoms with E-state index in [1.54, 1.807) is 14.2 Å². The molecule has 0 N–H and O–H groups in total. The third kappa shape index (κ3) is 3.18. The van der Waals surface area contributed by atoms with Gasteiger partial charge in [-0.15, -0.1) is 11.3 Å². The third-order valence-electron chi connectivity index (χ3n) is 3.89. The summed E-state index contributed by atoms with van der Waals surface area (Å²) < 4.78 is 6.92. The van der Waals surface area contributed by atoms with Crippen molar-refractivity contribution in [3.05, 3.63) is 71.2 Å². The van der Waals surface area contributed by atoms with E-state index in [1.165, 1.54) is 36.9 Å². The highest BCUT2D eigenvalue weighted by Crippen LogP contribution is 2.40. The van der Waals surface area contributed by atoms with Gasteiger partial charge in [-0.05, 0) is 41.8 Å². The van der Waals surface area contributed by atoms with Gasteiger partial charge in [0.15, 0.2) is 0 Å². The molecular weight excluding hydrogens is 336 g/mol. The minimum atomic E-state index is 0.786. The van der Waals surface area contributed by atoms with Gasteiger partial charge in [0.1, 0.15) is 0 Å². The van der Waals surface area contributed by atoms with Crippen LogP contribution in [0.2, 0.25) is 5.02 Å². The zero-order valence-corrected chi connectivity index (χ0v) is 15.5. The molecule has 0 aliphatic rings. The number of hydrogen-bond acceptors (Lipinski definition) is 2. The average Bonchev–Trinajstić information content (AvgIpc) is 2.97. The molecule has 24 heavy (non-hydrogen) atoms. The summed E-state index contributed by atoms with van der Waals surface area (Å²) in [4.78, 5) is 0. The van der Waals surface area contributed by atoms with Crippen LogP contribution in [0.15, 0.2) is 60.7 Å². The van der Waals surface area contributed by atoms with Crippen molar-refractivity contribution in [3.63, 3.8) is 0 Å². The van der Waals surface area contributed by atoms with Gasteiger partial charge < -0.3 is 4.74 Å². The highest BCUT2D eigenvalue weighted by Gasteiger charge is 2.11. The maximum atomic E-state index is 6.20. The van der Waals surface area contributed by atoms with Gasteiger partial charge in [-0.25, -0.2) is 0 Å². The molecule has 0 bridgehead atoms. The number of halogens is 1. The van der Waals surface area contributed by atoms with E-state index in [9.17, 15) is 0 Å². The minimum Gasteiger partial charge on any atom is -0.388 e. The molecule has 0 radical (unpaired) electrons. The number of fused-ring (bicyclic) bond motifs is 3. The first-order valence-electron chi connectivity index (χ1n) is 7.72. The van der Waals surface area contributed by atoms with Crippen LogP contribution in [0.25, 0.3) is 31.3 Å². The molecule has 3 aromatic carbocycles. The molecule has 1 heterocycles. The first-order chi connectivity index (χ1) is 11.7. The Labute approximate surface area is 151 Å². The Bertz CT molecular complexity index is 988. The van der Waals surface area contributed by atoms with Gasteiger partial charge in [0.25, 0.3) is 0 Å². The molecule has 0 unspecified atom stereocenters. The summed E-state index contributed by atoms with van der Waals surface area (Å²) in [7, 11) is 3.25. The topological polar surface area (TPSA) is 9.23 Å². The van der Waals surface area contributed by atoms with Crippen molar-refractivity contribution in [1.29, 1.82) is 0 Å². The predicted octanol–water partition coefficient (Wildman–Crippen LogP) is 6.95. The smallest absolute Gasteiger partial charge is 0.0433 e. The number of benzene rings is 3. The van der Waals surface area contributed by atoms with Gasteiger partial charge in [-0.1, -0.05) is 54.1 Å². The van der Waals surface area contributed by atoms with Crippen LogP contribution in [0, 0.1) is 6.92 Å². The number of aryl methyl sites for hydroxylation is 1. The second-order valence-corrected chi connectivity index (χ2v) is 7.14. The van der Waals surface area contributed by atoms with Crippen LogP contribution in [0.3, 0.4) is 0 Å². The van der Waals surface area contributed by atoms with Crippen LogP contribution in [-0.2, 0) is 4.74 Å². The largest absolute Gasteiger partial charge is 0.388 e. The van der Waals surface area contributed by atoms with Crippen molar-refractivity contribution in [1.82, 2.24) is 0 Å². The number of hydrogen-bond donors (Lipinski definition) is 0. The Kier molecular flexibility index (Phi) is 5.20. The summed E-state index contributed by atoms with van der Waals surface area (Å²) in [6.07, 6.45) is 0. The first-order valence-corrected chi connectivity index (χ1v) is 8.92. The van der Waals surface area contributed by atoms with Crippen LogP contribution in [0.5, 0.6) is 0 Å². The molecule has 0 saturated heterocycles. The van der Waals surface area contributed by atoms with Crippen LogP contribution < -0.4 is 0 Å². The fourth-order valence-electron chi connectivity index (χ4n) is 2.84. The number of rotatable bonds is 1. The van der Waals surface area contributed by atoms with Crippen molar-refractivity contribution < 1.29 is 4.74 Å². The van der Waals surface area contributed by atoms with Crippen molar-refractivity contribution in [3.8, 4) is 11.1 Å². The molecule has 0 atom stereocenters. The molecular formula is C21H19ClOS. The van der Waals surface area contributed by atoms with Crippen molar-refractivity contribution in [2.75, 3.05) is 14.2 Å². The normalized spacial score (nSPS) is 10.7. The minimum absolute atomic E-state index is 0.786. The summed E-state index contributed by atoms with van der Waals surface area (Å²) in [5.74, 6) is 0. The van der Waals surface area contributed by atoms with Gasteiger partial charge in [0.05, 0.1) is 0 Å². The van der Waals surface area contributed by atoms with E-state index in [1.807, 2.05) is 17.4 Å². The molecule has 0 saturated carbocycles. The van der Waals surface area contributed by atoms with E-state index < -0.39 is 0 Å². The average molecular weight is 355 g/mol. The lowest BCUT2D eigenvalue weighted by atomic mass is 9.99. The maximum Gasteiger partial charge on any atom is 0.0433 e. The number of thiophene rings is 1. The number of methoxy groups -OCH3 is 1. The fraction of sp³-hybridized carbons (Fsp3) is 0.143. The summed E-state index contributed by atoms with van der Waals surface area (Å²) in [6, 6.07) is 21.2. The highest BCUT2D eigenvalue weighted by molar-refractivity contribution is 7.26. The SMILES string of the molecule is COC.Cc1ccc(Cl)cc1-c1cccc2c1sc1ccccc12. The Hall–Kier alpha value is -1.87. The maximum absolute atomic E-state index is 6.20. The Balaban J connectivity index is 0.000000526. The number of ether oxygens (including phenoxy) is 1. The monoisotopic (exact) mass is 354 g/mol. The standard InChI is InChI=1S/C19H13ClS.C2H6O/c1-12-9-10-13(20)11-17(12)16-7-4-6-15-14-5-2-3-8-18(14)21-19(15)16;1-3-2/h2-11H,1H3;1-2H3. The molecule has 0 fully saturated rings. The second-order valence-electron chi connectivity index (χ2n) is 5.65.